The van der Waals surface area contributed by atoms with Crippen molar-refractivity contribution in [2.45, 2.75) is 0 Å². The minimum absolute atomic E-state index is 0.0230. The fourth-order valence-corrected chi connectivity index (χ4v) is 2.83. The summed E-state index contributed by atoms with van der Waals surface area (Å²) in [6, 6.07) is 21.3. The molecule has 0 atom stereocenters. The highest BCUT2D eigenvalue weighted by Gasteiger charge is 2.13. The molecule has 0 unspecified atom stereocenters. The van der Waals surface area contributed by atoms with Gasteiger partial charge in [-0.2, -0.15) is 0 Å². The molecule has 3 aromatic carbocycles. The summed E-state index contributed by atoms with van der Waals surface area (Å²) in [4.78, 5) is 25.1. The predicted octanol–water partition coefficient (Wildman–Crippen LogP) is 4.01. The molecule has 3 N–H and O–H groups in total. The van der Waals surface area contributed by atoms with Gasteiger partial charge in [-0.05, 0) is 36.4 Å². The Hall–Kier alpha value is -4.00. The zero-order valence-corrected chi connectivity index (χ0v) is 16.8. The molecule has 0 aliphatic rings. The second-order valence-electron chi connectivity index (χ2n) is 6.33. The Kier molecular flexibility index (Phi) is 6.89. The maximum absolute atomic E-state index is 12.6. The third-order valence-electron chi connectivity index (χ3n) is 4.33. The van der Waals surface area contributed by atoms with Crippen molar-refractivity contribution in [2.24, 2.45) is 0 Å². The van der Waals surface area contributed by atoms with E-state index in [2.05, 4.69) is 16.0 Å². The van der Waals surface area contributed by atoms with Crippen LogP contribution in [0.3, 0.4) is 0 Å². The molecule has 7 nitrogen and oxygen atoms in total. The van der Waals surface area contributed by atoms with E-state index >= 15 is 0 Å². The average molecular weight is 405 g/mol. The number of carbonyl (C=O) groups excluding carboxylic acids is 2. The first-order valence-corrected chi connectivity index (χ1v) is 9.32. The number of benzene rings is 3. The standard InChI is InChI=1S/C23H23N3O4/c1-29-17-12-13-20(21(14-17)30-2)26-22(27)15-24-19-11-7-6-10-18(19)23(28)25-16-8-4-3-5-9-16/h3-14,24H,15H2,1-2H3,(H,25,28)(H,26,27). The molecule has 0 saturated carbocycles. The number of methoxy groups -OCH3 is 2. The molecule has 7 heteroatoms. The Morgan fingerprint density at radius 1 is 0.800 bits per heavy atom. The van der Waals surface area contributed by atoms with Crippen LogP contribution in [0.2, 0.25) is 0 Å². The van der Waals surface area contributed by atoms with Gasteiger partial charge in [0.2, 0.25) is 5.91 Å². The van der Waals surface area contributed by atoms with Crippen molar-refractivity contribution in [3.8, 4) is 11.5 Å². The third-order valence-corrected chi connectivity index (χ3v) is 4.33. The molecule has 0 aromatic heterocycles. The van der Waals surface area contributed by atoms with Crippen LogP contribution in [0.25, 0.3) is 0 Å². The molecule has 0 fully saturated rings. The van der Waals surface area contributed by atoms with E-state index in [0.717, 1.165) is 0 Å². The fraction of sp³-hybridized carbons (Fsp3) is 0.130. The van der Waals surface area contributed by atoms with Crippen LogP contribution in [0.15, 0.2) is 72.8 Å². The lowest BCUT2D eigenvalue weighted by Gasteiger charge is -2.14. The van der Waals surface area contributed by atoms with Crippen LogP contribution in [-0.4, -0.2) is 32.6 Å². The molecule has 0 aliphatic heterocycles. The topological polar surface area (TPSA) is 88.7 Å². The smallest absolute Gasteiger partial charge is 0.257 e. The average Bonchev–Trinajstić information content (AvgIpc) is 2.78. The highest BCUT2D eigenvalue weighted by Crippen LogP contribution is 2.29. The van der Waals surface area contributed by atoms with E-state index in [9.17, 15) is 9.59 Å². The van der Waals surface area contributed by atoms with Gasteiger partial charge in [0.15, 0.2) is 0 Å². The SMILES string of the molecule is COc1ccc(NC(=O)CNc2ccccc2C(=O)Nc2ccccc2)c(OC)c1. The van der Waals surface area contributed by atoms with Gasteiger partial charge in [0.05, 0.1) is 32.0 Å². The summed E-state index contributed by atoms with van der Waals surface area (Å²) in [6.07, 6.45) is 0. The summed E-state index contributed by atoms with van der Waals surface area (Å²) in [5.74, 6) is 0.574. The van der Waals surface area contributed by atoms with E-state index in [1.54, 1.807) is 49.6 Å². The van der Waals surface area contributed by atoms with Crippen LogP contribution in [0.5, 0.6) is 11.5 Å². The van der Waals surface area contributed by atoms with Gasteiger partial charge in [0.1, 0.15) is 11.5 Å². The number of carbonyl (C=O) groups is 2. The van der Waals surface area contributed by atoms with Crippen molar-refractivity contribution in [1.82, 2.24) is 0 Å². The largest absolute Gasteiger partial charge is 0.497 e. The summed E-state index contributed by atoms with van der Waals surface area (Å²) in [7, 11) is 3.08. The number of amides is 2. The van der Waals surface area contributed by atoms with Crippen LogP contribution in [0.4, 0.5) is 17.1 Å². The minimum Gasteiger partial charge on any atom is -0.497 e. The second kappa shape index (κ2) is 9.97. The van der Waals surface area contributed by atoms with E-state index in [-0.39, 0.29) is 18.4 Å². The van der Waals surface area contributed by atoms with Gasteiger partial charge in [-0.25, -0.2) is 0 Å². The molecule has 154 valence electrons. The molecular formula is C23H23N3O4. The predicted molar refractivity (Wildman–Crippen MR) is 118 cm³/mol. The van der Waals surface area contributed by atoms with Gasteiger partial charge in [-0.15, -0.1) is 0 Å². The normalized spacial score (nSPS) is 10.1. The van der Waals surface area contributed by atoms with Crippen LogP contribution in [-0.2, 0) is 4.79 Å². The lowest BCUT2D eigenvalue weighted by Crippen LogP contribution is -2.23. The molecule has 3 aromatic rings. The zero-order chi connectivity index (χ0) is 21.3. The van der Waals surface area contributed by atoms with E-state index in [1.807, 2.05) is 30.3 Å². The molecule has 0 spiro atoms. The Balaban J connectivity index is 1.65. The molecule has 3 rings (SSSR count). The van der Waals surface area contributed by atoms with Crippen molar-refractivity contribution in [1.29, 1.82) is 0 Å². The molecule has 2 amide bonds. The number of hydrogen-bond donors (Lipinski definition) is 3. The van der Waals surface area contributed by atoms with Gasteiger partial charge in [0, 0.05) is 17.4 Å². The highest BCUT2D eigenvalue weighted by molar-refractivity contribution is 6.08. The molecule has 0 heterocycles. The van der Waals surface area contributed by atoms with Crippen molar-refractivity contribution in [2.75, 3.05) is 36.7 Å². The Bertz CT molecular complexity index is 1020. The number of nitrogens with one attached hydrogen (secondary N) is 3. The van der Waals surface area contributed by atoms with Gasteiger partial charge in [0.25, 0.3) is 5.91 Å². The Morgan fingerprint density at radius 2 is 1.53 bits per heavy atom. The third kappa shape index (κ3) is 5.29. The number of ether oxygens (including phenoxy) is 2. The number of rotatable bonds is 8. The monoisotopic (exact) mass is 405 g/mol. The summed E-state index contributed by atoms with van der Waals surface area (Å²) in [5, 5.41) is 8.65. The van der Waals surface area contributed by atoms with Gasteiger partial charge >= 0.3 is 0 Å². The number of anilines is 3. The molecule has 0 saturated heterocycles. The van der Waals surface area contributed by atoms with Crippen molar-refractivity contribution in [3.05, 3.63) is 78.4 Å². The van der Waals surface area contributed by atoms with Crippen LogP contribution < -0.4 is 25.4 Å². The lowest BCUT2D eigenvalue weighted by molar-refractivity contribution is -0.114. The van der Waals surface area contributed by atoms with E-state index < -0.39 is 0 Å². The number of hydrogen-bond acceptors (Lipinski definition) is 5. The fourth-order valence-electron chi connectivity index (χ4n) is 2.83. The van der Waals surface area contributed by atoms with Gasteiger partial charge in [-0.3, -0.25) is 9.59 Å². The van der Waals surface area contributed by atoms with E-state index in [0.29, 0.717) is 34.1 Å². The Morgan fingerprint density at radius 3 is 2.27 bits per heavy atom. The second-order valence-corrected chi connectivity index (χ2v) is 6.33. The molecular weight excluding hydrogens is 382 g/mol. The van der Waals surface area contributed by atoms with Crippen molar-refractivity contribution >= 4 is 28.9 Å². The van der Waals surface area contributed by atoms with Crippen molar-refractivity contribution < 1.29 is 19.1 Å². The van der Waals surface area contributed by atoms with Crippen LogP contribution >= 0.6 is 0 Å². The lowest BCUT2D eigenvalue weighted by atomic mass is 10.1. The molecule has 0 radical (unpaired) electrons. The zero-order valence-electron chi connectivity index (χ0n) is 16.8. The quantitative estimate of drug-likeness (QED) is 0.527. The summed E-state index contributed by atoms with van der Waals surface area (Å²) >= 11 is 0. The van der Waals surface area contributed by atoms with Crippen LogP contribution in [0, 0.1) is 0 Å². The maximum atomic E-state index is 12.6. The first-order chi connectivity index (χ1) is 14.6. The first kappa shape index (κ1) is 20.7. The van der Waals surface area contributed by atoms with E-state index in [1.165, 1.54) is 7.11 Å². The van der Waals surface area contributed by atoms with Gasteiger partial charge in [-0.1, -0.05) is 30.3 Å². The highest BCUT2D eigenvalue weighted by atomic mass is 16.5. The summed E-state index contributed by atoms with van der Waals surface area (Å²) in [5.41, 5.74) is 2.22. The van der Waals surface area contributed by atoms with Gasteiger partial charge < -0.3 is 25.4 Å². The van der Waals surface area contributed by atoms with E-state index in [4.69, 9.17) is 9.47 Å². The molecule has 0 bridgehead atoms. The summed E-state index contributed by atoms with van der Waals surface area (Å²) < 4.78 is 10.4. The number of para-hydroxylation sites is 2. The Labute approximate surface area is 175 Å². The molecule has 30 heavy (non-hydrogen) atoms. The summed E-state index contributed by atoms with van der Waals surface area (Å²) in [6.45, 7) is -0.0230. The first-order valence-electron chi connectivity index (χ1n) is 9.32. The maximum Gasteiger partial charge on any atom is 0.257 e. The van der Waals surface area contributed by atoms with Crippen LogP contribution in [0.1, 0.15) is 10.4 Å². The minimum atomic E-state index is -0.281. The molecule has 0 aliphatic carbocycles. The van der Waals surface area contributed by atoms with Crippen molar-refractivity contribution in [3.63, 3.8) is 0 Å².